The molecule has 1 aromatic carbocycles. The number of benzene rings is 1. The normalized spacial score (nSPS) is 18.5. The molecule has 0 aliphatic carbocycles. The van der Waals surface area contributed by atoms with Crippen LogP contribution in [0.25, 0.3) is 0 Å². The Balaban J connectivity index is 1.61. The van der Waals surface area contributed by atoms with E-state index in [0.717, 1.165) is 31.1 Å². The molecule has 0 spiro atoms. The maximum atomic E-state index is 12.3. The van der Waals surface area contributed by atoms with Crippen LogP contribution in [0.15, 0.2) is 40.6 Å². The second-order valence-corrected chi connectivity index (χ2v) is 8.08. The molecule has 1 N–H and O–H groups in total. The molecule has 22 heavy (non-hydrogen) atoms. The number of hydrogen-bond acceptors (Lipinski definition) is 6. The standard InChI is InChI=1S/C15H18N2O3S2/c18-22(19,14-6-2-1-3-7-14)11-12-10-21-15(17-12)16-9-13-5-4-8-20-13/h1-3,6-7,10,13H,4-5,8-9,11H2,(H,16,17)/t13-/m1/s1. The Morgan fingerprint density at radius 1 is 1.32 bits per heavy atom. The SMILES string of the molecule is O=S(=O)(Cc1csc(NC[C@H]2CCCO2)n1)c1ccccc1. The minimum atomic E-state index is -3.34. The summed E-state index contributed by atoms with van der Waals surface area (Å²) in [6, 6.07) is 8.47. The summed E-state index contributed by atoms with van der Waals surface area (Å²) in [4.78, 5) is 4.69. The Bertz CT molecular complexity index is 707. The molecule has 5 nitrogen and oxygen atoms in total. The van der Waals surface area contributed by atoms with Gasteiger partial charge in [0.2, 0.25) is 0 Å². The van der Waals surface area contributed by atoms with E-state index >= 15 is 0 Å². The number of thiazole rings is 1. The third-order valence-electron chi connectivity index (χ3n) is 3.50. The number of nitrogens with one attached hydrogen (secondary N) is 1. The van der Waals surface area contributed by atoms with Gasteiger partial charge in [0.05, 0.1) is 22.4 Å². The van der Waals surface area contributed by atoms with Gasteiger partial charge in [-0.15, -0.1) is 11.3 Å². The average Bonchev–Trinajstić information content (AvgIpc) is 3.17. The minimum absolute atomic E-state index is 0.0743. The van der Waals surface area contributed by atoms with Gasteiger partial charge in [0.15, 0.2) is 15.0 Å². The number of ether oxygens (including phenoxy) is 1. The van der Waals surface area contributed by atoms with Gasteiger partial charge >= 0.3 is 0 Å². The zero-order valence-electron chi connectivity index (χ0n) is 12.1. The first-order chi connectivity index (χ1) is 10.6. The number of anilines is 1. The molecule has 0 radical (unpaired) electrons. The predicted molar refractivity (Wildman–Crippen MR) is 86.9 cm³/mol. The van der Waals surface area contributed by atoms with Crippen molar-refractivity contribution in [2.24, 2.45) is 0 Å². The highest BCUT2D eigenvalue weighted by Crippen LogP contribution is 2.21. The van der Waals surface area contributed by atoms with Crippen molar-refractivity contribution in [2.45, 2.75) is 29.6 Å². The zero-order valence-corrected chi connectivity index (χ0v) is 13.7. The van der Waals surface area contributed by atoms with Crippen molar-refractivity contribution in [1.82, 2.24) is 4.98 Å². The van der Waals surface area contributed by atoms with Gasteiger partial charge in [0.1, 0.15) is 0 Å². The molecule has 0 unspecified atom stereocenters. The van der Waals surface area contributed by atoms with Crippen LogP contribution in [0.5, 0.6) is 0 Å². The molecule has 0 saturated carbocycles. The molecule has 2 aromatic rings. The highest BCUT2D eigenvalue weighted by atomic mass is 32.2. The highest BCUT2D eigenvalue weighted by molar-refractivity contribution is 7.90. The maximum absolute atomic E-state index is 12.3. The molecule has 7 heteroatoms. The molecule has 1 aliphatic heterocycles. The molecule has 118 valence electrons. The van der Waals surface area contributed by atoms with Crippen LogP contribution in [-0.2, 0) is 20.3 Å². The third-order valence-corrected chi connectivity index (χ3v) is 6.01. The van der Waals surface area contributed by atoms with E-state index in [2.05, 4.69) is 10.3 Å². The fourth-order valence-corrected chi connectivity index (χ4v) is 4.47. The Kier molecular flexibility index (Phi) is 4.75. The van der Waals surface area contributed by atoms with Crippen LogP contribution in [0.3, 0.4) is 0 Å². The van der Waals surface area contributed by atoms with Crippen molar-refractivity contribution < 1.29 is 13.2 Å². The van der Waals surface area contributed by atoms with E-state index in [-0.39, 0.29) is 11.9 Å². The Morgan fingerprint density at radius 2 is 2.14 bits per heavy atom. The van der Waals surface area contributed by atoms with Gasteiger partial charge in [0.25, 0.3) is 0 Å². The summed E-state index contributed by atoms with van der Waals surface area (Å²) in [6.07, 6.45) is 2.40. The second-order valence-electron chi connectivity index (χ2n) is 5.23. The number of aromatic nitrogens is 1. The lowest BCUT2D eigenvalue weighted by Gasteiger charge is -2.09. The van der Waals surface area contributed by atoms with Crippen LogP contribution >= 0.6 is 11.3 Å². The molecule has 0 amide bonds. The summed E-state index contributed by atoms with van der Waals surface area (Å²) in [5, 5.41) is 5.75. The quantitative estimate of drug-likeness (QED) is 0.877. The van der Waals surface area contributed by atoms with Gasteiger partial charge in [-0.3, -0.25) is 0 Å². The van der Waals surface area contributed by atoms with Crippen molar-refractivity contribution in [3.05, 3.63) is 41.4 Å². The smallest absolute Gasteiger partial charge is 0.184 e. The van der Waals surface area contributed by atoms with E-state index in [0.29, 0.717) is 10.6 Å². The molecule has 3 rings (SSSR count). The predicted octanol–water partition coefficient (Wildman–Crippen LogP) is 2.71. The molecule has 1 atom stereocenters. The summed E-state index contributed by atoms with van der Waals surface area (Å²) < 4.78 is 30.1. The fraction of sp³-hybridized carbons (Fsp3) is 0.400. The van der Waals surface area contributed by atoms with Crippen molar-refractivity contribution in [3.63, 3.8) is 0 Å². The summed E-state index contributed by atoms with van der Waals surface area (Å²) in [5.41, 5.74) is 0.573. The molecule has 1 aromatic heterocycles. The first-order valence-corrected chi connectivity index (χ1v) is 9.74. The molecular weight excluding hydrogens is 320 g/mol. The monoisotopic (exact) mass is 338 g/mol. The van der Waals surface area contributed by atoms with E-state index in [9.17, 15) is 8.42 Å². The largest absolute Gasteiger partial charge is 0.376 e. The maximum Gasteiger partial charge on any atom is 0.184 e. The van der Waals surface area contributed by atoms with Crippen molar-refractivity contribution in [1.29, 1.82) is 0 Å². The summed E-state index contributed by atoms with van der Waals surface area (Å²) >= 11 is 1.43. The van der Waals surface area contributed by atoms with Gasteiger partial charge in [-0.05, 0) is 25.0 Å². The minimum Gasteiger partial charge on any atom is -0.376 e. The molecule has 1 aliphatic rings. The third kappa shape index (κ3) is 3.85. The number of nitrogens with zero attached hydrogens (tertiary/aromatic N) is 1. The lowest BCUT2D eigenvalue weighted by atomic mass is 10.2. The summed E-state index contributed by atoms with van der Waals surface area (Å²) in [7, 11) is -3.34. The van der Waals surface area contributed by atoms with Crippen LogP contribution in [0.4, 0.5) is 5.13 Å². The molecule has 1 fully saturated rings. The molecular formula is C15H18N2O3S2. The van der Waals surface area contributed by atoms with Gasteiger partial charge in [0, 0.05) is 18.5 Å². The molecule has 2 heterocycles. The van der Waals surface area contributed by atoms with Gasteiger partial charge in [-0.1, -0.05) is 18.2 Å². The first-order valence-electron chi connectivity index (χ1n) is 7.21. The van der Waals surface area contributed by atoms with Crippen LogP contribution < -0.4 is 5.32 Å². The van der Waals surface area contributed by atoms with Gasteiger partial charge < -0.3 is 10.1 Å². The van der Waals surface area contributed by atoms with Gasteiger partial charge in [-0.2, -0.15) is 0 Å². The fourth-order valence-electron chi connectivity index (χ4n) is 2.37. The average molecular weight is 338 g/mol. The van der Waals surface area contributed by atoms with E-state index < -0.39 is 9.84 Å². The second kappa shape index (κ2) is 6.76. The van der Waals surface area contributed by atoms with E-state index in [1.165, 1.54) is 11.3 Å². The topological polar surface area (TPSA) is 68.3 Å². The van der Waals surface area contributed by atoms with Crippen molar-refractivity contribution in [2.75, 3.05) is 18.5 Å². The van der Waals surface area contributed by atoms with Crippen LogP contribution in [0.1, 0.15) is 18.5 Å². The Hall–Kier alpha value is -1.44. The number of hydrogen-bond donors (Lipinski definition) is 1. The first kappa shape index (κ1) is 15.5. The van der Waals surface area contributed by atoms with Crippen molar-refractivity contribution in [3.8, 4) is 0 Å². The zero-order chi connectivity index (χ0) is 15.4. The van der Waals surface area contributed by atoms with Crippen LogP contribution in [-0.4, -0.2) is 32.7 Å². The Labute approximate surface area is 134 Å². The van der Waals surface area contributed by atoms with Crippen molar-refractivity contribution >= 4 is 26.3 Å². The molecule has 1 saturated heterocycles. The molecule has 0 bridgehead atoms. The van der Waals surface area contributed by atoms with E-state index in [4.69, 9.17) is 4.74 Å². The number of rotatable bonds is 6. The van der Waals surface area contributed by atoms with Gasteiger partial charge in [-0.25, -0.2) is 13.4 Å². The Morgan fingerprint density at radius 3 is 2.86 bits per heavy atom. The van der Waals surface area contributed by atoms with Crippen LogP contribution in [0.2, 0.25) is 0 Å². The lowest BCUT2D eigenvalue weighted by Crippen LogP contribution is -2.18. The summed E-state index contributed by atoms with van der Waals surface area (Å²) in [6.45, 7) is 1.54. The summed E-state index contributed by atoms with van der Waals surface area (Å²) in [5.74, 6) is -0.0743. The highest BCUT2D eigenvalue weighted by Gasteiger charge is 2.18. The number of sulfone groups is 1. The van der Waals surface area contributed by atoms with Crippen LogP contribution in [0, 0.1) is 0 Å². The van der Waals surface area contributed by atoms with E-state index in [1.54, 1.807) is 35.7 Å². The van der Waals surface area contributed by atoms with E-state index in [1.807, 2.05) is 0 Å². The lowest BCUT2D eigenvalue weighted by molar-refractivity contribution is 0.120.